The number of nitrogens with one attached hydrogen (secondary N) is 3. The number of aromatic amines is 2. The Morgan fingerprint density at radius 1 is 1.29 bits per heavy atom. The molecule has 0 fully saturated rings. The highest BCUT2D eigenvalue weighted by molar-refractivity contribution is 5.81. The molecule has 3 aromatic rings. The molecule has 0 saturated carbocycles. The summed E-state index contributed by atoms with van der Waals surface area (Å²) in [4.78, 5) is 14.7. The summed E-state index contributed by atoms with van der Waals surface area (Å²) in [6, 6.07) is 6.00. The maximum absolute atomic E-state index is 5.28. The summed E-state index contributed by atoms with van der Waals surface area (Å²) < 4.78 is 0. The summed E-state index contributed by atoms with van der Waals surface area (Å²) >= 11 is 0. The fourth-order valence-electron chi connectivity index (χ4n) is 1.85. The third kappa shape index (κ3) is 1.64. The Labute approximate surface area is 97.3 Å². The van der Waals surface area contributed by atoms with Crippen LogP contribution in [0.5, 0.6) is 0 Å². The molecule has 2 heterocycles. The van der Waals surface area contributed by atoms with Gasteiger partial charge in [-0.05, 0) is 19.1 Å². The van der Waals surface area contributed by atoms with Gasteiger partial charge in [0.1, 0.15) is 5.82 Å². The predicted octanol–water partition coefficient (Wildman–Crippen LogP) is 1.55. The minimum Gasteiger partial charge on any atom is -0.342 e. The standard InChI is InChI=1S/C11H12N6/c1-6-14-8-3-2-7(4-9(8)15-6)10-5-13-11(16-10)17-12/h2-5H,12H2,1H3,(H,14,15)(H2,13,16,17). The van der Waals surface area contributed by atoms with Crippen LogP contribution in [-0.2, 0) is 0 Å². The maximum atomic E-state index is 5.28. The van der Waals surface area contributed by atoms with Gasteiger partial charge < -0.3 is 9.97 Å². The molecule has 0 saturated heterocycles. The molecule has 0 amide bonds. The lowest BCUT2D eigenvalue weighted by Gasteiger charge is -1.97. The second-order valence-corrected chi connectivity index (χ2v) is 3.84. The van der Waals surface area contributed by atoms with E-state index < -0.39 is 0 Å². The summed E-state index contributed by atoms with van der Waals surface area (Å²) in [5.74, 6) is 6.73. The number of anilines is 1. The van der Waals surface area contributed by atoms with Gasteiger partial charge in [0.2, 0.25) is 5.95 Å². The fraction of sp³-hybridized carbons (Fsp3) is 0.0909. The molecule has 6 nitrogen and oxygen atoms in total. The van der Waals surface area contributed by atoms with Crippen LogP contribution in [0.25, 0.3) is 22.3 Å². The van der Waals surface area contributed by atoms with Crippen LogP contribution in [0.1, 0.15) is 5.82 Å². The van der Waals surface area contributed by atoms with Crippen molar-refractivity contribution >= 4 is 17.0 Å². The average molecular weight is 228 g/mol. The number of aryl methyl sites for hydroxylation is 1. The van der Waals surface area contributed by atoms with Crippen LogP contribution in [0.2, 0.25) is 0 Å². The number of hydrogen-bond donors (Lipinski definition) is 4. The van der Waals surface area contributed by atoms with Crippen molar-refractivity contribution in [1.29, 1.82) is 0 Å². The van der Waals surface area contributed by atoms with Gasteiger partial charge in [-0.1, -0.05) is 6.07 Å². The summed E-state index contributed by atoms with van der Waals surface area (Å²) in [6.07, 6.45) is 1.74. The van der Waals surface area contributed by atoms with Crippen molar-refractivity contribution in [2.75, 3.05) is 5.43 Å². The summed E-state index contributed by atoms with van der Waals surface area (Å²) in [7, 11) is 0. The first-order valence-corrected chi connectivity index (χ1v) is 5.24. The van der Waals surface area contributed by atoms with Crippen molar-refractivity contribution < 1.29 is 0 Å². The van der Waals surface area contributed by atoms with Gasteiger partial charge in [0.25, 0.3) is 0 Å². The molecule has 0 bridgehead atoms. The number of aromatic nitrogens is 4. The van der Waals surface area contributed by atoms with E-state index in [1.165, 1.54) is 0 Å². The number of nitrogens with zero attached hydrogens (tertiary/aromatic N) is 2. The Morgan fingerprint density at radius 2 is 2.18 bits per heavy atom. The molecule has 0 aliphatic heterocycles. The first-order chi connectivity index (χ1) is 8.26. The van der Waals surface area contributed by atoms with Gasteiger partial charge in [-0.25, -0.2) is 15.8 Å². The quantitative estimate of drug-likeness (QED) is 0.395. The second kappa shape index (κ2) is 3.60. The van der Waals surface area contributed by atoms with E-state index in [9.17, 15) is 0 Å². The molecule has 86 valence electrons. The number of benzene rings is 1. The molecule has 3 rings (SSSR count). The molecule has 0 spiro atoms. The molecule has 5 N–H and O–H groups in total. The van der Waals surface area contributed by atoms with Crippen LogP contribution in [0, 0.1) is 6.92 Å². The van der Waals surface area contributed by atoms with Gasteiger partial charge in [0.05, 0.1) is 22.9 Å². The number of nitrogen functional groups attached to an aromatic ring is 1. The average Bonchev–Trinajstić information content (AvgIpc) is 2.92. The van der Waals surface area contributed by atoms with Crippen molar-refractivity contribution in [1.82, 2.24) is 19.9 Å². The zero-order valence-corrected chi connectivity index (χ0v) is 9.28. The lowest BCUT2D eigenvalue weighted by Crippen LogP contribution is -2.07. The van der Waals surface area contributed by atoms with Gasteiger partial charge in [-0.15, -0.1) is 0 Å². The lowest BCUT2D eigenvalue weighted by molar-refractivity contribution is 1.17. The second-order valence-electron chi connectivity index (χ2n) is 3.84. The van der Waals surface area contributed by atoms with E-state index in [1.54, 1.807) is 6.20 Å². The molecular formula is C11H12N6. The topological polar surface area (TPSA) is 95.4 Å². The van der Waals surface area contributed by atoms with Crippen LogP contribution in [-0.4, -0.2) is 19.9 Å². The Balaban J connectivity index is 2.10. The van der Waals surface area contributed by atoms with E-state index in [4.69, 9.17) is 5.84 Å². The number of H-pyrrole nitrogens is 2. The summed E-state index contributed by atoms with van der Waals surface area (Å²) in [6.45, 7) is 1.94. The van der Waals surface area contributed by atoms with Gasteiger partial charge in [0.15, 0.2) is 0 Å². The highest BCUT2D eigenvalue weighted by atomic mass is 15.3. The molecule has 2 aromatic heterocycles. The minimum absolute atomic E-state index is 0.542. The Morgan fingerprint density at radius 3 is 2.94 bits per heavy atom. The number of nitrogens with two attached hydrogens (primary N) is 1. The predicted molar refractivity (Wildman–Crippen MR) is 66.2 cm³/mol. The molecule has 0 radical (unpaired) electrons. The Kier molecular flexibility index (Phi) is 2.09. The number of hydrazine groups is 1. The van der Waals surface area contributed by atoms with E-state index in [1.807, 2.05) is 25.1 Å². The van der Waals surface area contributed by atoms with Gasteiger partial charge in [-0.3, -0.25) is 5.43 Å². The highest BCUT2D eigenvalue weighted by Gasteiger charge is 2.05. The fourth-order valence-corrected chi connectivity index (χ4v) is 1.85. The largest absolute Gasteiger partial charge is 0.342 e. The van der Waals surface area contributed by atoms with Crippen LogP contribution < -0.4 is 11.3 Å². The smallest absolute Gasteiger partial charge is 0.215 e. The number of rotatable bonds is 2. The molecular weight excluding hydrogens is 216 g/mol. The van der Waals surface area contributed by atoms with E-state index in [0.717, 1.165) is 28.1 Å². The molecule has 0 atom stereocenters. The zero-order valence-electron chi connectivity index (χ0n) is 9.28. The maximum Gasteiger partial charge on any atom is 0.215 e. The Bertz CT molecular complexity index is 665. The molecule has 0 aliphatic rings. The van der Waals surface area contributed by atoms with Gasteiger partial charge in [0, 0.05) is 5.56 Å². The molecule has 17 heavy (non-hydrogen) atoms. The van der Waals surface area contributed by atoms with E-state index in [-0.39, 0.29) is 0 Å². The normalized spacial score (nSPS) is 10.9. The van der Waals surface area contributed by atoms with Crippen LogP contribution in [0.15, 0.2) is 24.4 Å². The minimum atomic E-state index is 0.542. The van der Waals surface area contributed by atoms with Crippen molar-refractivity contribution in [2.24, 2.45) is 5.84 Å². The molecule has 0 unspecified atom stereocenters. The van der Waals surface area contributed by atoms with Crippen molar-refractivity contribution in [3.05, 3.63) is 30.2 Å². The third-order valence-electron chi connectivity index (χ3n) is 2.62. The summed E-state index contributed by atoms with van der Waals surface area (Å²) in [5, 5.41) is 0. The van der Waals surface area contributed by atoms with Crippen molar-refractivity contribution in [2.45, 2.75) is 6.92 Å². The monoisotopic (exact) mass is 228 g/mol. The summed E-state index contributed by atoms with van der Waals surface area (Å²) in [5.41, 5.74) is 6.39. The third-order valence-corrected chi connectivity index (χ3v) is 2.62. The van der Waals surface area contributed by atoms with E-state index in [2.05, 4.69) is 25.4 Å². The molecule has 1 aromatic carbocycles. The molecule has 6 heteroatoms. The first kappa shape index (κ1) is 9.86. The van der Waals surface area contributed by atoms with E-state index >= 15 is 0 Å². The number of hydrogen-bond acceptors (Lipinski definition) is 4. The highest BCUT2D eigenvalue weighted by Crippen LogP contribution is 2.22. The van der Waals surface area contributed by atoms with Crippen LogP contribution in [0.4, 0.5) is 5.95 Å². The van der Waals surface area contributed by atoms with Crippen molar-refractivity contribution in [3.63, 3.8) is 0 Å². The molecule has 0 aliphatic carbocycles. The van der Waals surface area contributed by atoms with Gasteiger partial charge in [-0.2, -0.15) is 0 Å². The Hall–Kier alpha value is -2.34. The van der Waals surface area contributed by atoms with E-state index in [0.29, 0.717) is 5.95 Å². The van der Waals surface area contributed by atoms with Crippen LogP contribution in [0.3, 0.4) is 0 Å². The zero-order chi connectivity index (χ0) is 11.8. The van der Waals surface area contributed by atoms with Gasteiger partial charge >= 0.3 is 0 Å². The number of fused-ring (bicyclic) bond motifs is 1. The SMILES string of the molecule is Cc1nc2ccc(-c3cnc(NN)[nH]3)cc2[nH]1. The van der Waals surface area contributed by atoms with Crippen molar-refractivity contribution in [3.8, 4) is 11.3 Å². The lowest BCUT2D eigenvalue weighted by atomic mass is 10.1. The number of imidazole rings is 2. The first-order valence-electron chi connectivity index (χ1n) is 5.24. The van der Waals surface area contributed by atoms with Crippen LogP contribution >= 0.6 is 0 Å².